The van der Waals surface area contributed by atoms with E-state index >= 15 is 0 Å². The Morgan fingerprint density at radius 3 is 2.57 bits per heavy atom. The molecule has 1 N–H and O–H groups in total. The summed E-state index contributed by atoms with van der Waals surface area (Å²) in [7, 11) is -2.25. The van der Waals surface area contributed by atoms with Gasteiger partial charge < -0.3 is 14.3 Å². The molecule has 0 saturated carbocycles. The summed E-state index contributed by atoms with van der Waals surface area (Å²) >= 11 is 0. The first-order chi connectivity index (χ1) is 9.82. The highest BCUT2D eigenvalue weighted by Gasteiger charge is 2.29. The zero-order chi connectivity index (χ0) is 15.6. The van der Waals surface area contributed by atoms with Gasteiger partial charge in [-0.05, 0) is 25.7 Å². The highest BCUT2D eigenvalue weighted by atomic mass is 32.2. The molecular weight excluding hydrogens is 298 g/mol. The van der Waals surface area contributed by atoms with Gasteiger partial charge >= 0.3 is 5.97 Å². The normalized spacial score (nSPS) is 17.3. The van der Waals surface area contributed by atoms with Crippen molar-refractivity contribution in [1.82, 2.24) is 4.31 Å². The largest absolute Gasteiger partial charge is 0.475 e. The van der Waals surface area contributed by atoms with Crippen LogP contribution in [0.3, 0.4) is 0 Å². The maximum absolute atomic E-state index is 12.5. The standard InChI is InChI=1S/C13H19NO6S/c1-9-12(7-11(20-9)13(15)16)21(17,18)14(2)8-10-3-5-19-6-4-10/h7,10H,3-6,8H2,1-2H3,(H,15,16). The molecule has 8 heteroatoms. The van der Waals surface area contributed by atoms with E-state index in [1.165, 1.54) is 18.3 Å². The zero-order valence-electron chi connectivity index (χ0n) is 12.0. The van der Waals surface area contributed by atoms with Crippen molar-refractivity contribution in [2.75, 3.05) is 26.8 Å². The van der Waals surface area contributed by atoms with Crippen molar-refractivity contribution in [3.8, 4) is 0 Å². The zero-order valence-corrected chi connectivity index (χ0v) is 12.9. The maximum atomic E-state index is 12.5. The molecule has 0 aliphatic carbocycles. The molecule has 7 nitrogen and oxygen atoms in total. The molecule has 2 rings (SSSR count). The van der Waals surface area contributed by atoms with E-state index < -0.39 is 16.0 Å². The molecule has 1 aliphatic heterocycles. The third-order valence-corrected chi connectivity index (χ3v) is 5.56. The minimum atomic E-state index is -3.75. The Morgan fingerprint density at radius 1 is 1.43 bits per heavy atom. The van der Waals surface area contributed by atoms with Crippen LogP contribution in [0, 0.1) is 12.8 Å². The second kappa shape index (κ2) is 6.17. The van der Waals surface area contributed by atoms with Crippen LogP contribution in [0.4, 0.5) is 0 Å². The molecule has 0 amide bonds. The highest BCUT2D eigenvalue weighted by molar-refractivity contribution is 7.89. The number of carbonyl (C=O) groups is 1. The average Bonchev–Trinajstić information content (AvgIpc) is 2.83. The summed E-state index contributed by atoms with van der Waals surface area (Å²) in [6.07, 6.45) is 1.65. The van der Waals surface area contributed by atoms with Crippen molar-refractivity contribution in [2.24, 2.45) is 5.92 Å². The molecular formula is C13H19NO6S. The molecule has 118 valence electrons. The van der Waals surface area contributed by atoms with Crippen LogP contribution in [0.5, 0.6) is 0 Å². The lowest BCUT2D eigenvalue weighted by molar-refractivity contribution is 0.0620. The van der Waals surface area contributed by atoms with E-state index in [0.717, 1.165) is 18.9 Å². The monoisotopic (exact) mass is 317 g/mol. The van der Waals surface area contributed by atoms with Crippen LogP contribution in [0.1, 0.15) is 29.2 Å². The van der Waals surface area contributed by atoms with Gasteiger partial charge in [0, 0.05) is 32.9 Å². The van der Waals surface area contributed by atoms with Gasteiger partial charge in [-0.25, -0.2) is 17.5 Å². The van der Waals surface area contributed by atoms with Crippen LogP contribution in [0.2, 0.25) is 0 Å². The molecule has 1 aliphatic rings. The van der Waals surface area contributed by atoms with E-state index in [2.05, 4.69) is 0 Å². The molecule has 0 atom stereocenters. The average molecular weight is 317 g/mol. The topological polar surface area (TPSA) is 97.0 Å². The van der Waals surface area contributed by atoms with E-state index in [4.69, 9.17) is 14.3 Å². The second-order valence-electron chi connectivity index (χ2n) is 5.18. The Labute approximate surface area is 123 Å². The maximum Gasteiger partial charge on any atom is 0.371 e. The Bertz CT molecular complexity index is 615. The molecule has 1 aromatic rings. The number of aryl methyl sites for hydroxylation is 1. The SMILES string of the molecule is Cc1oc(C(=O)O)cc1S(=O)(=O)N(C)CC1CCOCC1. The van der Waals surface area contributed by atoms with Gasteiger partial charge in [0.05, 0.1) is 0 Å². The fourth-order valence-corrected chi connectivity index (χ4v) is 3.79. The third kappa shape index (κ3) is 3.45. The Morgan fingerprint density at radius 2 is 2.05 bits per heavy atom. The lowest BCUT2D eigenvalue weighted by Gasteiger charge is -2.26. The number of aromatic carboxylic acids is 1. The molecule has 0 unspecified atom stereocenters. The molecule has 1 fully saturated rings. The Balaban J connectivity index is 2.18. The highest BCUT2D eigenvalue weighted by Crippen LogP contribution is 2.25. The van der Waals surface area contributed by atoms with E-state index in [1.54, 1.807) is 0 Å². The van der Waals surface area contributed by atoms with Crippen LogP contribution in [-0.2, 0) is 14.8 Å². The van der Waals surface area contributed by atoms with E-state index in [0.29, 0.717) is 19.8 Å². The molecule has 0 radical (unpaired) electrons. The molecule has 0 spiro atoms. The Kier molecular flexibility index (Phi) is 4.70. The molecule has 21 heavy (non-hydrogen) atoms. The van der Waals surface area contributed by atoms with E-state index in [1.807, 2.05) is 0 Å². The quantitative estimate of drug-likeness (QED) is 0.880. The fraction of sp³-hybridized carbons (Fsp3) is 0.615. The number of ether oxygens (including phenoxy) is 1. The van der Waals surface area contributed by atoms with Crippen LogP contribution >= 0.6 is 0 Å². The number of furan rings is 1. The first-order valence-electron chi connectivity index (χ1n) is 6.70. The Hall–Kier alpha value is -1.38. The molecule has 0 bridgehead atoms. The van der Waals surface area contributed by atoms with Gasteiger partial charge in [-0.15, -0.1) is 0 Å². The molecule has 1 aromatic heterocycles. The lowest BCUT2D eigenvalue weighted by atomic mass is 10.0. The van der Waals surface area contributed by atoms with Crippen LogP contribution < -0.4 is 0 Å². The summed E-state index contributed by atoms with van der Waals surface area (Å²) in [5.74, 6) is -1.31. The summed E-state index contributed by atoms with van der Waals surface area (Å²) in [6, 6.07) is 1.06. The summed E-state index contributed by atoms with van der Waals surface area (Å²) in [5.41, 5.74) is 0. The van der Waals surface area contributed by atoms with Gasteiger partial charge in [0.2, 0.25) is 15.8 Å². The number of nitrogens with zero attached hydrogens (tertiary/aromatic N) is 1. The van der Waals surface area contributed by atoms with Gasteiger partial charge in [-0.3, -0.25) is 0 Å². The first-order valence-corrected chi connectivity index (χ1v) is 8.14. The van der Waals surface area contributed by atoms with E-state index in [-0.39, 0.29) is 22.3 Å². The van der Waals surface area contributed by atoms with Gasteiger partial charge in [0.25, 0.3) is 0 Å². The number of carboxylic acid groups (broad SMARTS) is 1. The van der Waals surface area contributed by atoms with Crippen molar-refractivity contribution in [1.29, 1.82) is 0 Å². The van der Waals surface area contributed by atoms with Gasteiger partial charge in [-0.2, -0.15) is 0 Å². The van der Waals surface area contributed by atoms with Crippen LogP contribution in [-0.4, -0.2) is 50.6 Å². The van der Waals surface area contributed by atoms with Crippen LogP contribution in [0.25, 0.3) is 0 Å². The number of rotatable bonds is 5. The number of sulfonamides is 1. The van der Waals surface area contributed by atoms with Crippen molar-refractivity contribution in [3.63, 3.8) is 0 Å². The summed E-state index contributed by atoms with van der Waals surface area (Å²) in [4.78, 5) is 10.8. The van der Waals surface area contributed by atoms with E-state index in [9.17, 15) is 13.2 Å². The predicted molar refractivity (Wildman–Crippen MR) is 73.8 cm³/mol. The van der Waals surface area contributed by atoms with Gasteiger partial charge in [0.1, 0.15) is 10.7 Å². The number of carboxylic acids is 1. The minimum Gasteiger partial charge on any atom is -0.475 e. The molecule has 1 saturated heterocycles. The van der Waals surface area contributed by atoms with Crippen molar-refractivity contribution < 1.29 is 27.5 Å². The minimum absolute atomic E-state index is 0.0885. The van der Waals surface area contributed by atoms with Gasteiger partial charge in [0.15, 0.2) is 0 Å². The lowest BCUT2D eigenvalue weighted by Crippen LogP contribution is -2.34. The third-order valence-electron chi connectivity index (χ3n) is 3.63. The predicted octanol–water partition coefficient (Wildman–Crippen LogP) is 1.33. The summed E-state index contributed by atoms with van der Waals surface area (Å²) < 4.78 is 36.5. The summed E-state index contributed by atoms with van der Waals surface area (Å²) in [6.45, 7) is 3.12. The number of hydrogen-bond acceptors (Lipinski definition) is 5. The summed E-state index contributed by atoms with van der Waals surface area (Å²) in [5, 5.41) is 8.87. The van der Waals surface area contributed by atoms with Crippen LogP contribution in [0.15, 0.2) is 15.4 Å². The first kappa shape index (κ1) is 16.0. The molecule has 2 heterocycles. The number of hydrogen-bond donors (Lipinski definition) is 1. The fourth-order valence-electron chi connectivity index (χ4n) is 2.39. The smallest absolute Gasteiger partial charge is 0.371 e. The van der Waals surface area contributed by atoms with Gasteiger partial charge in [-0.1, -0.05) is 0 Å². The molecule has 0 aromatic carbocycles. The van der Waals surface area contributed by atoms with Crippen molar-refractivity contribution in [2.45, 2.75) is 24.7 Å². The van der Waals surface area contributed by atoms with Crippen molar-refractivity contribution in [3.05, 3.63) is 17.6 Å². The second-order valence-corrected chi connectivity index (χ2v) is 7.19. The van der Waals surface area contributed by atoms with Crippen molar-refractivity contribution >= 4 is 16.0 Å².